The zero-order chi connectivity index (χ0) is 12.4. The van der Waals surface area contributed by atoms with Gasteiger partial charge in [0.05, 0.1) is 7.11 Å². The standard InChI is InChI=1S/C13H11BrO2S/c1-8-5-9(3-4-12(8)16-2)13(15)10-6-17-7-11(10)14/h3-7H,1-2H3. The minimum Gasteiger partial charge on any atom is -0.496 e. The van der Waals surface area contributed by atoms with Crippen LogP contribution in [0.1, 0.15) is 21.5 Å². The number of ether oxygens (including phenoxy) is 1. The van der Waals surface area contributed by atoms with Gasteiger partial charge in [0.1, 0.15) is 5.75 Å². The highest BCUT2D eigenvalue weighted by Crippen LogP contribution is 2.26. The van der Waals surface area contributed by atoms with Crippen LogP contribution in [-0.2, 0) is 0 Å². The van der Waals surface area contributed by atoms with Gasteiger partial charge in [-0.2, -0.15) is 11.3 Å². The molecule has 2 rings (SSSR count). The Morgan fingerprint density at radius 2 is 2.12 bits per heavy atom. The predicted molar refractivity (Wildman–Crippen MR) is 73.2 cm³/mol. The Morgan fingerprint density at radius 1 is 1.35 bits per heavy atom. The van der Waals surface area contributed by atoms with E-state index in [-0.39, 0.29) is 5.78 Å². The molecule has 0 aliphatic carbocycles. The van der Waals surface area contributed by atoms with Crippen molar-refractivity contribution in [1.82, 2.24) is 0 Å². The number of methoxy groups -OCH3 is 1. The molecule has 0 amide bonds. The van der Waals surface area contributed by atoms with Crippen LogP contribution in [0.4, 0.5) is 0 Å². The quantitative estimate of drug-likeness (QED) is 0.799. The fraction of sp³-hybridized carbons (Fsp3) is 0.154. The molecule has 0 fully saturated rings. The summed E-state index contributed by atoms with van der Waals surface area (Å²) in [6, 6.07) is 5.46. The Bertz CT molecular complexity index is 560. The van der Waals surface area contributed by atoms with E-state index in [2.05, 4.69) is 15.9 Å². The van der Waals surface area contributed by atoms with Crippen LogP contribution in [0.3, 0.4) is 0 Å². The van der Waals surface area contributed by atoms with Gasteiger partial charge in [-0.3, -0.25) is 4.79 Å². The zero-order valence-corrected chi connectivity index (χ0v) is 11.9. The van der Waals surface area contributed by atoms with E-state index in [1.54, 1.807) is 13.2 Å². The van der Waals surface area contributed by atoms with Crippen LogP contribution in [0.5, 0.6) is 5.75 Å². The highest BCUT2D eigenvalue weighted by Gasteiger charge is 2.14. The summed E-state index contributed by atoms with van der Waals surface area (Å²) < 4.78 is 6.02. The van der Waals surface area contributed by atoms with Crippen LogP contribution < -0.4 is 4.74 Å². The van der Waals surface area contributed by atoms with Crippen LogP contribution >= 0.6 is 27.3 Å². The van der Waals surface area contributed by atoms with E-state index in [1.165, 1.54) is 11.3 Å². The molecular formula is C13H11BrO2S. The van der Waals surface area contributed by atoms with Crippen LogP contribution in [-0.4, -0.2) is 12.9 Å². The van der Waals surface area contributed by atoms with Gasteiger partial charge in [0.25, 0.3) is 0 Å². The van der Waals surface area contributed by atoms with E-state index in [0.717, 1.165) is 15.8 Å². The molecular weight excluding hydrogens is 300 g/mol. The van der Waals surface area contributed by atoms with Crippen molar-refractivity contribution in [2.45, 2.75) is 6.92 Å². The molecule has 0 aliphatic rings. The third kappa shape index (κ3) is 2.42. The molecule has 4 heteroatoms. The van der Waals surface area contributed by atoms with Gasteiger partial charge in [-0.15, -0.1) is 0 Å². The summed E-state index contributed by atoms with van der Waals surface area (Å²) in [5, 5.41) is 3.76. The predicted octanol–water partition coefficient (Wildman–Crippen LogP) is 4.06. The topological polar surface area (TPSA) is 26.3 Å². The van der Waals surface area contributed by atoms with Crippen molar-refractivity contribution in [1.29, 1.82) is 0 Å². The van der Waals surface area contributed by atoms with E-state index in [0.29, 0.717) is 11.1 Å². The Kier molecular flexibility index (Phi) is 3.64. The molecule has 0 saturated carbocycles. The Balaban J connectivity index is 2.39. The van der Waals surface area contributed by atoms with Gasteiger partial charge in [-0.1, -0.05) is 0 Å². The molecule has 1 aromatic carbocycles. The fourth-order valence-electron chi connectivity index (χ4n) is 1.62. The summed E-state index contributed by atoms with van der Waals surface area (Å²) in [6.45, 7) is 1.93. The SMILES string of the molecule is COc1ccc(C(=O)c2cscc2Br)cc1C. The van der Waals surface area contributed by atoms with Crippen molar-refractivity contribution in [3.63, 3.8) is 0 Å². The number of halogens is 1. The zero-order valence-electron chi connectivity index (χ0n) is 9.49. The highest BCUT2D eigenvalue weighted by atomic mass is 79.9. The number of aryl methyl sites for hydroxylation is 1. The second-order valence-electron chi connectivity index (χ2n) is 3.65. The lowest BCUT2D eigenvalue weighted by molar-refractivity contribution is 0.103. The van der Waals surface area contributed by atoms with Crippen molar-refractivity contribution in [3.05, 3.63) is 50.1 Å². The van der Waals surface area contributed by atoms with Gasteiger partial charge in [-0.25, -0.2) is 0 Å². The van der Waals surface area contributed by atoms with Gasteiger partial charge >= 0.3 is 0 Å². The average molecular weight is 311 g/mol. The average Bonchev–Trinajstić information content (AvgIpc) is 2.74. The van der Waals surface area contributed by atoms with Crippen LogP contribution in [0.25, 0.3) is 0 Å². The lowest BCUT2D eigenvalue weighted by Crippen LogP contribution is -2.01. The summed E-state index contributed by atoms with van der Waals surface area (Å²) >= 11 is 4.88. The number of carbonyl (C=O) groups excluding carboxylic acids is 1. The number of benzene rings is 1. The molecule has 17 heavy (non-hydrogen) atoms. The second kappa shape index (κ2) is 5.02. The summed E-state index contributed by atoms with van der Waals surface area (Å²) in [6.07, 6.45) is 0. The number of ketones is 1. The van der Waals surface area contributed by atoms with Crippen molar-refractivity contribution < 1.29 is 9.53 Å². The molecule has 1 aromatic heterocycles. The second-order valence-corrected chi connectivity index (χ2v) is 5.24. The molecule has 0 bridgehead atoms. The first-order valence-corrected chi connectivity index (χ1v) is 6.78. The van der Waals surface area contributed by atoms with Crippen LogP contribution in [0.2, 0.25) is 0 Å². The van der Waals surface area contributed by atoms with Crippen molar-refractivity contribution in [2.24, 2.45) is 0 Å². The van der Waals surface area contributed by atoms with Gasteiger partial charge in [-0.05, 0) is 46.6 Å². The lowest BCUT2D eigenvalue weighted by atomic mass is 10.0. The molecule has 88 valence electrons. The third-order valence-corrected chi connectivity index (χ3v) is 4.22. The largest absolute Gasteiger partial charge is 0.496 e. The molecule has 0 N–H and O–H groups in total. The molecule has 0 atom stereocenters. The Hall–Kier alpha value is -1.13. The molecule has 2 nitrogen and oxygen atoms in total. The van der Waals surface area contributed by atoms with E-state index < -0.39 is 0 Å². The number of thiophene rings is 1. The van der Waals surface area contributed by atoms with E-state index in [1.807, 2.05) is 29.8 Å². The van der Waals surface area contributed by atoms with Crippen molar-refractivity contribution in [2.75, 3.05) is 7.11 Å². The van der Waals surface area contributed by atoms with E-state index >= 15 is 0 Å². The Labute approximate surface area is 112 Å². The molecule has 0 radical (unpaired) electrons. The minimum atomic E-state index is 0.0314. The van der Waals surface area contributed by atoms with Crippen molar-refractivity contribution in [3.8, 4) is 5.75 Å². The van der Waals surface area contributed by atoms with Crippen LogP contribution in [0.15, 0.2) is 33.4 Å². The van der Waals surface area contributed by atoms with Crippen molar-refractivity contribution >= 4 is 33.0 Å². The maximum absolute atomic E-state index is 12.2. The maximum atomic E-state index is 12.2. The smallest absolute Gasteiger partial charge is 0.195 e. The first-order chi connectivity index (χ1) is 8.13. The van der Waals surface area contributed by atoms with Gasteiger partial charge in [0.15, 0.2) is 5.78 Å². The highest BCUT2D eigenvalue weighted by molar-refractivity contribution is 9.10. The maximum Gasteiger partial charge on any atom is 0.195 e. The number of hydrogen-bond donors (Lipinski definition) is 0. The molecule has 0 unspecified atom stereocenters. The molecule has 0 saturated heterocycles. The first kappa shape index (κ1) is 12.3. The molecule has 0 spiro atoms. The Morgan fingerprint density at radius 3 is 2.65 bits per heavy atom. The summed E-state index contributed by atoms with van der Waals surface area (Å²) in [5.74, 6) is 0.829. The molecule has 0 aliphatic heterocycles. The normalized spacial score (nSPS) is 10.3. The summed E-state index contributed by atoms with van der Waals surface area (Å²) in [4.78, 5) is 12.2. The first-order valence-electron chi connectivity index (χ1n) is 5.04. The van der Waals surface area contributed by atoms with E-state index in [4.69, 9.17) is 4.74 Å². The number of rotatable bonds is 3. The fourth-order valence-corrected chi connectivity index (χ4v) is 3.07. The molecule has 2 aromatic rings. The van der Waals surface area contributed by atoms with Gasteiger partial charge in [0.2, 0.25) is 0 Å². The lowest BCUT2D eigenvalue weighted by Gasteiger charge is -2.06. The number of carbonyl (C=O) groups is 1. The summed E-state index contributed by atoms with van der Waals surface area (Å²) in [5.41, 5.74) is 2.35. The number of hydrogen-bond acceptors (Lipinski definition) is 3. The third-order valence-electron chi connectivity index (χ3n) is 2.52. The minimum absolute atomic E-state index is 0.0314. The monoisotopic (exact) mass is 310 g/mol. The van der Waals surface area contributed by atoms with Gasteiger partial charge in [0, 0.05) is 26.4 Å². The van der Waals surface area contributed by atoms with E-state index in [9.17, 15) is 4.79 Å². The van der Waals surface area contributed by atoms with Gasteiger partial charge < -0.3 is 4.74 Å². The summed E-state index contributed by atoms with van der Waals surface area (Å²) in [7, 11) is 1.62. The van der Waals surface area contributed by atoms with Crippen LogP contribution in [0, 0.1) is 6.92 Å². The molecule has 1 heterocycles.